The normalized spacial score (nSPS) is 16.0. The van der Waals surface area contributed by atoms with E-state index in [1.165, 1.54) is 5.69 Å². The number of nitrogens with zero attached hydrogens (tertiary/aromatic N) is 6. The number of aromatic nitrogens is 4. The van der Waals surface area contributed by atoms with Crippen molar-refractivity contribution in [2.45, 2.75) is 25.9 Å². The molecule has 1 aliphatic heterocycles. The maximum absolute atomic E-state index is 5.25. The Morgan fingerprint density at radius 2 is 1.69 bits per heavy atom. The van der Waals surface area contributed by atoms with Crippen LogP contribution in [0.25, 0.3) is 0 Å². The first-order valence-corrected chi connectivity index (χ1v) is 10.2. The molecular formula is C22H28N6O. The lowest BCUT2D eigenvalue weighted by Crippen LogP contribution is -2.48. The Bertz CT molecular complexity index is 887. The Hall–Kier alpha value is -2.93. The minimum Gasteiger partial charge on any atom is -0.497 e. The number of rotatable bonds is 7. The molecule has 0 N–H and O–H groups in total. The fourth-order valence-corrected chi connectivity index (χ4v) is 4.00. The van der Waals surface area contributed by atoms with Gasteiger partial charge in [0, 0.05) is 31.9 Å². The molecule has 0 bridgehead atoms. The molecule has 2 heterocycles. The number of anilines is 1. The van der Waals surface area contributed by atoms with Gasteiger partial charge in [-0.1, -0.05) is 37.3 Å². The molecule has 0 spiro atoms. The van der Waals surface area contributed by atoms with Crippen LogP contribution in [0, 0.1) is 0 Å². The van der Waals surface area contributed by atoms with Gasteiger partial charge in [-0.15, -0.1) is 5.10 Å². The maximum Gasteiger partial charge on any atom is 0.168 e. The van der Waals surface area contributed by atoms with Gasteiger partial charge in [0.25, 0.3) is 0 Å². The quantitative estimate of drug-likeness (QED) is 0.616. The smallest absolute Gasteiger partial charge is 0.168 e. The van der Waals surface area contributed by atoms with E-state index < -0.39 is 0 Å². The van der Waals surface area contributed by atoms with Crippen molar-refractivity contribution in [1.29, 1.82) is 0 Å². The Balaban J connectivity index is 1.44. The van der Waals surface area contributed by atoms with Crippen LogP contribution in [0.1, 0.15) is 30.8 Å². The molecule has 0 radical (unpaired) electrons. The Morgan fingerprint density at radius 1 is 0.966 bits per heavy atom. The van der Waals surface area contributed by atoms with Crippen LogP contribution in [-0.4, -0.2) is 58.4 Å². The fourth-order valence-electron chi connectivity index (χ4n) is 4.00. The monoisotopic (exact) mass is 392 g/mol. The molecule has 3 aromatic rings. The summed E-state index contributed by atoms with van der Waals surface area (Å²) in [6.45, 7) is 6.90. The van der Waals surface area contributed by atoms with Crippen LogP contribution >= 0.6 is 0 Å². The minimum atomic E-state index is 0.223. The third kappa shape index (κ3) is 4.40. The number of ether oxygens (including phenoxy) is 1. The molecule has 0 aliphatic carbocycles. The Kier molecular flexibility index (Phi) is 6.05. The largest absolute Gasteiger partial charge is 0.497 e. The van der Waals surface area contributed by atoms with Gasteiger partial charge in [-0.3, -0.25) is 4.90 Å². The summed E-state index contributed by atoms with van der Waals surface area (Å²) in [5.74, 6) is 1.80. The van der Waals surface area contributed by atoms with Gasteiger partial charge in [0.05, 0.1) is 19.7 Å². The van der Waals surface area contributed by atoms with Gasteiger partial charge in [0.2, 0.25) is 0 Å². The van der Waals surface area contributed by atoms with Gasteiger partial charge in [-0.25, -0.2) is 4.68 Å². The van der Waals surface area contributed by atoms with E-state index >= 15 is 0 Å². The van der Waals surface area contributed by atoms with Crippen molar-refractivity contribution in [1.82, 2.24) is 25.1 Å². The third-order valence-electron chi connectivity index (χ3n) is 5.61. The predicted molar refractivity (Wildman–Crippen MR) is 113 cm³/mol. The molecule has 2 aromatic carbocycles. The van der Waals surface area contributed by atoms with Gasteiger partial charge in [-0.2, -0.15) is 0 Å². The number of hydrogen-bond acceptors (Lipinski definition) is 6. The van der Waals surface area contributed by atoms with Crippen molar-refractivity contribution < 1.29 is 4.74 Å². The molecule has 1 aromatic heterocycles. The second-order valence-corrected chi connectivity index (χ2v) is 7.33. The van der Waals surface area contributed by atoms with E-state index in [0.717, 1.165) is 49.7 Å². The summed E-state index contributed by atoms with van der Waals surface area (Å²) in [6.07, 6.45) is 0.980. The van der Waals surface area contributed by atoms with Gasteiger partial charge < -0.3 is 9.64 Å². The SMILES string of the molecule is CC[C@H](c1nnnn1Cc1ccc(OC)cc1)N1CCN(c2ccccc2)CC1. The topological polar surface area (TPSA) is 59.3 Å². The van der Waals surface area contributed by atoms with Crippen molar-refractivity contribution in [2.75, 3.05) is 38.2 Å². The zero-order valence-corrected chi connectivity index (χ0v) is 17.1. The molecular weight excluding hydrogens is 364 g/mol. The highest BCUT2D eigenvalue weighted by molar-refractivity contribution is 5.46. The third-order valence-corrected chi connectivity index (χ3v) is 5.61. The molecule has 7 heteroatoms. The van der Waals surface area contributed by atoms with Crippen LogP contribution in [0.15, 0.2) is 54.6 Å². The van der Waals surface area contributed by atoms with Crippen LogP contribution in [0.4, 0.5) is 5.69 Å². The minimum absolute atomic E-state index is 0.223. The lowest BCUT2D eigenvalue weighted by Gasteiger charge is -2.39. The summed E-state index contributed by atoms with van der Waals surface area (Å²) >= 11 is 0. The predicted octanol–water partition coefficient (Wildman–Crippen LogP) is 3.00. The number of tetrazole rings is 1. The van der Waals surface area contributed by atoms with E-state index in [2.05, 4.69) is 74.7 Å². The van der Waals surface area contributed by atoms with Gasteiger partial charge >= 0.3 is 0 Å². The first-order chi connectivity index (χ1) is 14.3. The zero-order valence-electron chi connectivity index (χ0n) is 17.1. The highest BCUT2D eigenvalue weighted by atomic mass is 16.5. The van der Waals surface area contributed by atoms with Crippen LogP contribution in [0.3, 0.4) is 0 Å². The van der Waals surface area contributed by atoms with Crippen molar-refractivity contribution >= 4 is 5.69 Å². The Morgan fingerprint density at radius 3 is 2.34 bits per heavy atom. The number of piperazine rings is 1. The fraction of sp³-hybridized carbons (Fsp3) is 0.409. The highest BCUT2D eigenvalue weighted by Gasteiger charge is 2.28. The first-order valence-electron chi connectivity index (χ1n) is 10.2. The van der Waals surface area contributed by atoms with E-state index in [1.807, 2.05) is 16.8 Å². The molecule has 0 saturated carbocycles. The molecule has 0 amide bonds. The second kappa shape index (κ2) is 9.05. The molecule has 1 saturated heterocycles. The van der Waals surface area contributed by atoms with E-state index in [9.17, 15) is 0 Å². The zero-order chi connectivity index (χ0) is 20.1. The molecule has 4 rings (SSSR count). The van der Waals surface area contributed by atoms with E-state index in [-0.39, 0.29) is 6.04 Å². The van der Waals surface area contributed by atoms with E-state index in [4.69, 9.17) is 4.74 Å². The van der Waals surface area contributed by atoms with Gasteiger partial charge in [-0.05, 0) is 46.7 Å². The lowest BCUT2D eigenvalue weighted by molar-refractivity contribution is 0.169. The summed E-state index contributed by atoms with van der Waals surface area (Å²) in [7, 11) is 1.68. The second-order valence-electron chi connectivity index (χ2n) is 7.33. The molecule has 0 unspecified atom stereocenters. The molecule has 1 aliphatic rings. The number of para-hydroxylation sites is 1. The summed E-state index contributed by atoms with van der Waals surface area (Å²) in [5, 5.41) is 12.6. The van der Waals surface area contributed by atoms with E-state index in [1.54, 1.807) is 7.11 Å². The summed E-state index contributed by atoms with van der Waals surface area (Å²) in [5.41, 5.74) is 2.45. The molecule has 7 nitrogen and oxygen atoms in total. The van der Waals surface area contributed by atoms with E-state index in [0.29, 0.717) is 6.54 Å². The average molecular weight is 393 g/mol. The van der Waals surface area contributed by atoms with Crippen LogP contribution in [0.2, 0.25) is 0 Å². The number of hydrogen-bond donors (Lipinski definition) is 0. The summed E-state index contributed by atoms with van der Waals surface area (Å²) in [6, 6.07) is 18.9. The van der Waals surface area contributed by atoms with Crippen molar-refractivity contribution in [3.8, 4) is 5.75 Å². The van der Waals surface area contributed by atoms with Crippen LogP contribution in [-0.2, 0) is 6.54 Å². The number of benzene rings is 2. The highest BCUT2D eigenvalue weighted by Crippen LogP contribution is 2.25. The van der Waals surface area contributed by atoms with Crippen LogP contribution in [0.5, 0.6) is 5.75 Å². The van der Waals surface area contributed by atoms with Crippen molar-refractivity contribution in [3.63, 3.8) is 0 Å². The van der Waals surface area contributed by atoms with Crippen LogP contribution < -0.4 is 9.64 Å². The average Bonchev–Trinajstić information content (AvgIpc) is 3.24. The van der Waals surface area contributed by atoms with Crippen molar-refractivity contribution in [3.05, 3.63) is 66.0 Å². The molecule has 29 heavy (non-hydrogen) atoms. The molecule has 1 fully saturated rings. The van der Waals surface area contributed by atoms with Gasteiger partial charge in [0.1, 0.15) is 5.75 Å². The standard InChI is InChI=1S/C22H28N6O/c1-3-21(27-15-13-26(14-16-27)19-7-5-4-6-8-19)22-23-24-25-28(22)17-18-9-11-20(29-2)12-10-18/h4-12,21H,3,13-17H2,1-2H3/t21-/m1/s1. The molecule has 1 atom stereocenters. The Labute approximate surface area is 171 Å². The first kappa shape index (κ1) is 19.4. The summed E-state index contributed by atoms with van der Waals surface area (Å²) < 4.78 is 7.18. The van der Waals surface area contributed by atoms with Crippen molar-refractivity contribution in [2.24, 2.45) is 0 Å². The maximum atomic E-state index is 5.25. The number of methoxy groups -OCH3 is 1. The van der Waals surface area contributed by atoms with Gasteiger partial charge in [0.15, 0.2) is 5.82 Å². The molecule has 152 valence electrons. The summed E-state index contributed by atoms with van der Waals surface area (Å²) in [4.78, 5) is 4.96. The lowest BCUT2D eigenvalue weighted by atomic mass is 10.1.